The minimum atomic E-state index is 0.661. The summed E-state index contributed by atoms with van der Waals surface area (Å²) in [5.74, 6) is 2.21. The molecular weight excluding hydrogens is 186 g/mol. The summed E-state index contributed by atoms with van der Waals surface area (Å²) in [4.78, 5) is 0. The molecule has 1 aromatic heterocycles. The van der Waals surface area contributed by atoms with Crippen molar-refractivity contribution in [3.05, 3.63) is 11.3 Å². The van der Waals surface area contributed by atoms with Gasteiger partial charge >= 0.3 is 0 Å². The van der Waals surface area contributed by atoms with E-state index < -0.39 is 0 Å². The Morgan fingerprint density at radius 3 is 2.93 bits per heavy atom. The minimum Gasteiger partial charge on any atom is -0.382 e. The van der Waals surface area contributed by atoms with Gasteiger partial charge in [-0.3, -0.25) is 5.10 Å². The van der Waals surface area contributed by atoms with Crippen LogP contribution in [0.25, 0.3) is 0 Å². The van der Waals surface area contributed by atoms with Crippen molar-refractivity contribution < 1.29 is 0 Å². The van der Waals surface area contributed by atoms with Crippen LogP contribution >= 0.6 is 0 Å². The van der Waals surface area contributed by atoms with Gasteiger partial charge in [0.1, 0.15) is 5.82 Å². The Labute approximate surface area is 91.4 Å². The molecule has 3 nitrogen and oxygen atoms in total. The lowest BCUT2D eigenvalue weighted by Crippen LogP contribution is -2.13. The van der Waals surface area contributed by atoms with Crippen molar-refractivity contribution in [3.8, 4) is 0 Å². The second-order valence-electron chi connectivity index (χ2n) is 4.82. The summed E-state index contributed by atoms with van der Waals surface area (Å²) in [6, 6.07) is 0. The van der Waals surface area contributed by atoms with Crippen LogP contribution in [0.1, 0.15) is 56.7 Å². The number of hydrogen-bond acceptors (Lipinski definition) is 2. The van der Waals surface area contributed by atoms with E-state index in [0.717, 1.165) is 12.3 Å². The molecule has 0 saturated heterocycles. The van der Waals surface area contributed by atoms with Gasteiger partial charge in [-0.15, -0.1) is 0 Å². The van der Waals surface area contributed by atoms with E-state index in [9.17, 15) is 0 Å². The van der Waals surface area contributed by atoms with Gasteiger partial charge in [0, 0.05) is 17.2 Å². The van der Waals surface area contributed by atoms with Crippen molar-refractivity contribution >= 4 is 5.82 Å². The van der Waals surface area contributed by atoms with Crippen molar-refractivity contribution in [1.29, 1.82) is 0 Å². The lowest BCUT2D eigenvalue weighted by molar-refractivity contribution is 0.339. The minimum absolute atomic E-state index is 0.661. The number of rotatable bonds is 2. The Morgan fingerprint density at radius 1 is 1.47 bits per heavy atom. The van der Waals surface area contributed by atoms with Gasteiger partial charge in [0.15, 0.2) is 0 Å². The van der Waals surface area contributed by atoms with Gasteiger partial charge in [-0.25, -0.2) is 0 Å². The van der Waals surface area contributed by atoms with Gasteiger partial charge in [0.25, 0.3) is 0 Å². The summed E-state index contributed by atoms with van der Waals surface area (Å²) in [7, 11) is 0. The molecule has 0 amide bonds. The predicted octanol–water partition coefficient (Wildman–Crippen LogP) is 2.85. The zero-order valence-corrected chi connectivity index (χ0v) is 9.71. The highest BCUT2D eigenvalue weighted by molar-refractivity contribution is 5.43. The van der Waals surface area contributed by atoms with E-state index in [0.29, 0.717) is 11.7 Å². The second-order valence-corrected chi connectivity index (χ2v) is 4.82. The molecule has 1 aromatic rings. The van der Waals surface area contributed by atoms with Crippen molar-refractivity contribution in [1.82, 2.24) is 10.2 Å². The summed E-state index contributed by atoms with van der Waals surface area (Å²) in [5, 5.41) is 7.28. The topological polar surface area (TPSA) is 54.7 Å². The number of aromatic amines is 1. The zero-order chi connectivity index (χ0) is 10.8. The quantitative estimate of drug-likeness (QED) is 0.783. The lowest BCUT2D eigenvalue weighted by atomic mass is 9.79. The van der Waals surface area contributed by atoms with E-state index in [4.69, 9.17) is 5.73 Å². The van der Waals surface area contributed by atoms with Crippen molar-refractivity contribution in [3.63, 3.8) is 0 Å². The van der Waals surface area contributed by atoms with Crippen LogP contribution in [0, 0.1) is 5.92 Å². The first-order valence-corrected chi connectivity index (χ1v) is 6.05. The van der Waals surface area contributed by atoms with Crippen molar-refractivity contribution in [2.45, 2.75) is 51.9 Å². The molecule has 1 heterocycles. The van der Waals surface area contributed by atoms with Crippen molar-refractivity contribution in [2.75, 3.05) is 5.73 Å². The molecule has 0 aromatic carbocycles. The molecule has 1 saturated carbocycles. The summed E-state index contributed by atoms with van der Waals surface area (Å²) in [5.41, 5.74) is 8.40. The van der Waals surface area contributed by atoms with Crippen LogP contribution in [0.4, 0.5) is 5.82 Å². The Bertz CT molecular complexity index is 330. The molecule has 84 valence electrons. The third kappa shape index (κ3) is 2.01. The molecular formula is C12H21N3. The zero-order valence-electron chi connectivity index (χ0n) is 9.71. The first-order valence-electron chi connectivity index (χ1n) is 6.05. The number of nitrogens with one attached hydrogen (secondary N) is 1. The van der Waals surface area contributed by atoms with Crippen LogP contribution in [0.3, 0.4) is 0 Å². The Hall–Kier alpha value is -0.990. The number of nitrogens with two attached hydrogens (primary N) is 1. The first-order chi connectivity index (χ1) is 7.22. The molecule has 2 atom stereocenters. The highest BCUT2D eigenvalue weighted by atomic mass is 15.2. The first kappa shape index (κ1) is 10.5. The molecule has 0 spiro atoms. The molecule has 1 aliphatic rings. The van der Waals surface area contributed by atoms with E-state index in [1.807, 2.05) is 0 Å². The van der Waals surface area contributed by atoms with Crippen LogP contribution in [0.2, 0.25) is 0 Å². The van der Waals surface area contributed by atoms with Gasteiger partial charge in [0.2, 0.25) is 0 Å². The molecule has 3 N–H and O–H groups in total. The normalized spacial score (nSPS) is 26.8. The number of anilines is 1. The molecule has 2 unspecified atom stereocenters. The molecule has 3 heteroatoms. The van der Waals surface area contributed by atoms with Crippen molar-refractivity contribution in [2.24, 2.45) is 5.92 Å². The highest BCUT2D eigenvalue weighted by Gasteiger charge is 2.24. The molecule has 1 aliphatic carbocycles. The van der Waals surface area contributed by atoms with Crippen LogP contribution in [-0.4, -0.2) is 10.2 Å². The van der Waals surface area contributed by atoms with Crippen LogP contribution < -0.4 is 5.73 Å². The van der Waals surface area contributed by atoms with Crippen LogP contribution in [-0.2, 0) is 6.42 Å². The maximum Gasteiger partial charge on any atom is 0.148 e. The lowest BCUT2D eigenvalue weighted by Gasteiger charge is -2.26. The van der Waals surface area contributed by atoms with Gasteiger partial charge < -0.3 is 5.73 Å². The molecule has 1 fully saturated rings. The maximum absolute atomic E-state index is 5.85. The third-order valence-corrected chi connectivity index (χ3v) is 3.63. The Kier molecular flexibility index (Phi) is 2.98. The smallest absolute Gasteiger partial charge is 0.148 e. The van der Waals surface area contributed by atoms with Crippen LogP contribution in [0.5, 0.6) is 0 Å². The fourth-order valence-corrected chi connectivity index (χ4v) is 2.80. The number of aromatic nitrogens is 2. The van der Waals surface area contributed by atoms with E-state index in [1.54, 1.807) is 0 Å². The monoisotopic (exact) mass is 207 g/mol. The molecule has 0 aliphatic heterocycles. The summed E-state index contributed by atoms with van der Waals surface area (Å²) in [6.07, 6.45) is 6.28. The van der Waals surface area contributed by atoms with E-state index in [1.165, 1.54) is 36.9 Å². The summed E-state index contributed by atoms with van der Waals surface area (Å²) in [6.45, 7) is 4.49. The number of hydrogen-bond donors (Lipinski definition) is 2. The second kappa shape index (κ2) is 4.25. The van der Waals surface area contributed by atoms with Gasteiger partial charge in [0.05, 0.1) is 0 Å². The standard InChI is InChI=1S/C12H21N3/c1-3-10-11(14-15-12(10)13)9-6-4-5-8(2)7-9/h8-9H,3-7H2,1-2H3,(H3,13,14,15). The average Bonchev–Trinajstić information content (AvgIpc) is 2.59. The maximum atomic E-state index is 5.85. The van der Waals surface area contributed by atoms with E-state index in [2.05, 4.69) is 24.0 Å². The predicted molar refractivity (Wildman–Crippen MR) is 62.8 cm³/mol. The van der Waals surface area contributed by atoms with Gasteiger partial charge in [-0.1, -0.05) is 26.7 Å². The van der Waals surface area contributed by atoms with Gasteiger partial charge in [-0.2, -0.15) is 5.10 Å². The summed E-state index contributed by atoms with van der Waals surface area (Å²) < 4.78 is 0. The Morgan fingerprint density at radius 2 is 2.27 bits per heavy atom. The van der Waals surface area contributed by atoms with E-state index in [-0.39, 0.29) is 0 Å². The Balaban J connectivity index is 2.20. The summed E-state index contributed by atoms with van der Waals surface area (Å²) >= 11 is 0. The fourth-order valence-electron chi connectivity index (χ4n) is 2.80. The van der Waals surface area contributed by atoms with E-state index >= 15 is 0 Å². The molecule has 15 heavy (non-hydrogen) atoms. The van der Waals surface area contributed by atoms with Gasteiger partial charge in [-0.05, 0) is 25.2 Å². The average molecular weight is 207 g/mol. The molecule has 2 rings (SSSR count). The number of nitrogens with zero attached hydrogens (tertiary/aromatic N) is 1. The third-order valence-electron chi connectivity index (χ3n) is 3.63. The molecule has 0 radical (unpaired) electrons. The van der Waals surface area contributed by atoms with Crippen LogP contribution in [0.15, 0.2) is 0 Å². The molecule has 0 bridgehead atoms. The highest BCUT2D eigenvalue weighted by Crippen LogP contribution is 2.37. The number of H-pyrrole nitrogens is 1. The number of nitrogen functional groups attached to an aromatic ring is 1. The SMILES string of the molecule is CCc1c(N)n[nH]c1C1CCCC(C)C1. The largest absolute Gasteiger partial charge is 0.382 e. The fraction of sp³-hybridized carbons (Fsp3) is 0.750.